The average Bonchev–Trinajstić information content (AvgIpc) is 2.81. The van der Waals surface area contributed by atoms with Gasteiger partial charge >= 0.3 is 0 Å². The summed E-state index contributed by atoms with van der Waals surface area (Å²) >= 11 is 0. The minimum atomic E-state index is -3.23. The van der Waals surface area contributed by atoms with Gasteiger partial charge < -0.3 is 10.1 Å². The lowest BCUT2D eigenvalue weighted by Gasteiger charge is -2.34. The first-order chi connectivity index (χ1) is 12.7. The number of hydrogen-bond acceptors (Lipinski definition) is 6. The Morgan fingerprint density at radius 3 is 2.67 bits per heavy atom. The van der Waals surface area contributed by atoms with Crippen LogP contribution in [0.15, 0.2) is 6.07 Å². The zero-order valence-electron chi connectivity index (χ0n) is 16.2. The summed E-state index contributed by atoms with van der Waals surface area (Å²) in [5, 5.41) is 7.43. The van der Waals surface area contributed by atoms with Gasteiger partial charge in [0.1, 0.15) is 0 Å². The summed E-state index contributed by atoms with van der Waals surface area (Å²) in [7, 11) is -3.23. The summed E-state index contributed by atoms with van der Waals surface area (Å²) < 4.78 is 32.7. The third-order valence-corrected chi connectivity index (χ3v) is 6.08. The summed E-state index contributed by atoms with van der Waals surface area (Å²) in [6.45, 7) is 7.71. The molecule has 2 aliphatic rings. The van der Waals surface area contributed by atoms with Gasteiger partial charge in [0.05, 0.1) is 49.5 Å². The molecule has 10 heteroatoms. The first kappa shape index (κ1) is 20.2. The van der Waals surface area contributed by atoms with Gasteiger partial charge in [0, 0.05) is 26.2 Å². The van der Waals surface area contributed by atoms with Crippen LogP contribution >= 0.6 is 0 Å². The molecule has 1 aromatic heterocycles. The van der Waals surface area contributed by atoms with E-state index in [0.29, 0.717) is 32.7 Å². The Kier molecular flexibility index (Phi) is 6.19. The highest BCUT2D eigenvalue weighted by atomic mass is 32.2. The van der Waals surface area contributed by atoms with E-state index in [-0.39, 0.29) is 18.1 Å². The predicted molar refractivity (Wildman–Crippen MR) is 100 cm³/mol. The Hall–Kier alpha value is -1.49. The number of aromatic nitrogens is 2. The highest BCUT2D eigenvalue weighted by Gasteiger charge is 2.25. The zero-order chi connectivity index (χ0) is 19.6. The van der Waals surface area contributed by atoms with E-state index in [1.54, 1.807) is 0 Å². The number of carbonyl (C=O) groups is 1. The quantitative estimate of drug-likeness (QED) is 0.735. The molecular formula is C17H29N5O4S. The molecule has 3 rings (SSSR count). The summed E-state index contributed by atoms with van der Waals surface area (Å²) in [5.74, 6) is -0.0442. The molecule has 1 amide bonds. The van der Waals surface area contributed by atoms with Gasteiger partial charge in [-0.1, -0.05) is 0 Å². The lowest BCUT2D eigenvalue weighted by Crippen LogP contribution is -2.49. The highest BCUT2D eigenvalue weighted by molar-refractivity contribution is 7.88. The van der Waals surface area contributed by atoms with Crippen LogP contribution in [0.3, 0.4) is 0 Å². The average molecular weight is 400 g/mol. The lowest BCUT2D eigenvalue weighted by molar-refractivity contribution is -0.126. The van der Waals surface area contributed by atoms with E-state index in [9.17, 15) is 13.2 Å². The largest absolute Gasteiger partial charge is 0.373 e. The zero-order valence-corrected chi connectivity index (χ0v) is 17.0. The molecule has 0 bridgehead atoms. The van der Waals surface area contributed by atoms with Gasteiger partial charge in [0.2, 0.25) is 15.9 Å². The van der Waals surface area contributed by atoms with Crippen LogP contribution in [0.5, 0.6) is 0 Å². The summed E-state index contributed by atoms with van der Waals surface area (Å²) in [6, 6.07) is 1.88. The molecule has 2 atom stereocenters. The number of nitrogens with zero attached hydrogens (tertiary/aromatic N) is 4. The molecule has 0 radical (unpaired) electrons. The van der Waals surface area contributed by atoms with E-state index >= 15 is 0 Å². The van der Waals surface area contributed by atoms with Crippen molar-refractivity contribution < 1.29 is 17.9 Å². The van der Waals surface area contributed by atoms with Gasteiger partial charge in [-0.2, -0.15) is 9.40 Å². The number of amides is 1. The van der Waals surface area contributed by atoms with Crippen LogP contribution in [0.1, 0.15) is 31.7 Å². The third-order valence-electron chi connectivity index (χ3n) is 4.83. The Morgan fingerprint density at radius 2 is 2.00 bits per heavy atom. The molecule has 0 spiro atoms. The van der Waals surface area contributed by atoms with Crippen molar-refractivity contribution in [3.63, 3.8) is 0 Å². The molecule has 0 aromatic carbocycles. The Labute approximate surface area is 160 Å². The van der Waals surface area contributed by atoms with Crippen molar-refractivity contribution >= 4 is 15.9 Å². The maximum absolute atomic E-state index is 12.3. The molecule has 0 saturated carbocycles. The number of nitrogens with one attached hydrogen (secondary N) is 1. The van der Waals surface area contributed by atoms with Crippen LogP contribution < -0.4 is 5.32 Å². The van der Waals surface area contributed by atoms with E-state index in [1.165, 1.54) is 10.6 Å². The number of carbonyl (C=O) groups excluding carboxylic acids is 1. The Morgan fingerprint density at radius 1 is 1.30 bits per heavy atom. The van der Waals surface area contributed by atoms with Gasteiger partial charge in [-0.3, -0.25) is 14.4 Å². The van der Waals surface area contributed by atoms with Crippen LogP contribution in [-0.4, -0.2) is 78.0 Å². The van der Waals surface area contributed by atoms with Crippen molar-refractivity contribution in [1.82, 2.24) is 24.3 Å². The minimum absolute atomic E-state index is 0.0442. The number of rotatable bonds is 5. The van der Waals surface area contributed by atoms with Crippen molar-refractivity contribution in [2.75, 3.05) is 32.4 Å². The number of aryl methyl sites for hydroxylation is 1. The second kappa shape index (κ2) is 8.26. The molecule has 9 nitrogen and oxygen atoms in total. The molecule has 152 valence electrons. The molecule has 2 unspecified atom stereocenters. The van der Waals surface area contributed by atoms with E-state index in [1.807, 2.05) is 24.6 Å². The molecule has 0 aliphatic carbocycles. The summed E-state index contributed by atoms with van der Waals surface area (Å²) in [4.78, 5) is 14.4. The molecule has 1 N–H and O–H groups in total. The van der Waals surface area contributed by atoms with Crippen LogP contribution in [0.25, 0.3) is 0 Å². The number of fused-ring (bicyclic) bond motifs is 1. The van der Waals surface area contributed by atoms with E-state index in [4.69, 9.17) is 4.74 Å². The summed E-state index contributed by atoms with van der Waals surface area (Å²) in [5.41, 5.74) is 1.61. The van der Waals surface area contributed by atoms with Crippen LogP contribution in [0, 0.1) is 0 Å². The molecule has 1 saturated heterocycles. The number of hydrogen-bond donors (Lipinski definition) is 1. The first-order valence-electron chi connectivity index (χ1n) is 9.36. The van der Waals surface area contributed by atoms with E-state index in [2.05, 4.69) is 15.3 Å². The molecular weight excluding hydrogens is 370 g/mol. The molecule has 3 heterocycles. The SMILES string of the molecule is CC1CN(CC(=O)NCc2cc3n(n2)CCCN(S(C)(=O)=O)C3)CC(C)O1. The van der Waals surface area contributed by atoms with Crippen LogP contribution in [0.4, 0.5) is 0 Å². The van der Waals surface area contributed by atoms with Crippen molar-refractivity contribution in [3.8, 4) is 0 Å². The third kappa shape index (κ3) is 5.50. The van der Waals surface area contributed by atoms with Gasteiger partial charge in [-0.25, -0.2) is 8.42 Å². The fourth-order valence-electron chi connectivity index (χ4n) is 3.72. The predicted octanol–water partition coefficient (Wildman–Crippen LogP) is -0.226. The Bertz CT molecular complexity index is 768. The highest BCUT2D eigenvalue weighted by Crippen LogP contribution is 2.16. The van der Waals surface area contributed by atoms with Crippen molar-refractivity contribution in [3.05, 3.63) is 17.5 Å². The fraction of sp³-hybridized carbons (Fsp3) is 0.765. The van der Waals surface area contributed by atoms with Gasteiger partial charge in [-0.05, 0) is 26.3 Å². The van der Waals surface area contributed by atoms with Gasteiger partial charge in [0.15, 0.2) is 0 Å². The molecule has 27 heavy (non-hydrogen) atoms. The second-order valence-electron chi connectivity index (χ2n) is 7.53. The maximum atomic E-state index is 12.3. The molecule has 2 aliphatic heterocycles. The maximum Gasteiger partial charge on any atom is 0.234 e. The van der Waals surface area contributed by atoms with Crippen molar-refractivity contribution in [1.29, 1.82) is 0 Å². The smallest absolute Gasteiger partial charge is 0.234 e. The van der Waals surface area contributed by atoms with Crippen LogP contribution in [-0.2, 0) is 39.2 Å². The van der Waals surface area contributed by atoms with E-state index in [0.717, 1.165) is 30.9 Å². The summed E-state index contributed by atoms with van der Waals surface area (Å²) in [6.07, 6.45) is 2.21. The van der Waals surface area contributed by atoms with E-state index < -0.39 is 10.0 Å². The minimum Gasteiger partial charge on any atom is -0.373 e. The monoisotopic (exact) mass is 399 g/mol. The lowest BCUT2D eigenvalue weighted by atomic mass is 10.2. The van der Waals surface area contributed by atoms with Crippen molar-refractivity contribution in [2.45, 2.75) is 52.1 Å². The van der Waals surface area contributed by atoms with Gasteiger partial charge in [0.25, 0.3) is 0 Å². The number of ether oxygens (including phenoxy) is 1. The Balaban J connectivity index is 1.54. The first-order valence-corrected chi connectivity index (χ1v) is 11.2. The normalized spacial score (nSPS) is 25.0. The molecule has 1 aromatic rings. The van der Waals surface area contributed by atoms with Gasteiger partial charge in [-0.15, -0.1) is 0 Å². The fourth-order valence-corrected chi connectivity index (χ4v) is 4.55. The topological polar surface area (TPSA) is 96.8 Å². The molecule has 1 fully saturated rings. The van der Waals surface area contributed by atoms with Crippen molar-refractivity contribution in [2.24, 2.45) is 0 Å². The van der Waals surface area contributed by atoms with Crippen LogP contribution in [0.2, 0.25) is 0 Å². The number of sulfonamides is 1. The standard InChI is InChI=1S/C17H29N5O4S/c1-13-9-20(10-14(2)26-13)12-17(23)18-8-15-7-16-11-21(27(3,24)25)5-4-6-22(16)19-15/h7,13-14H,4-6,8-12H2,1-3H3,(H,18,23). The second-order valence-corrected chi connectivity index (χ2v) is 9.51. The number of morpholine rings is 1.